The Hall–Kier alpha value is -5.67. The first kappa shape index (κ1) is 41.5. The van der Waals surface area contributed by atoms with Crippen molar-refractivity contribution in [2.75, 3.05) is 58.1 Å². The summed E-state index contributed by atoms with van der Waals surface area (Å²) in [5.41, 5.74) is 10.2. The molecule has 15 heteroatoms. The van der Waals surface area contributed by atoms with Crippen LogP contribution in [0.5, 0.6) is 0 Å². The monoisotopic (exact) mass is 781 g/mol. The quantitative estimate of drug-likeness (QED) is 0.0434. The van der Waals surface area contributed by atoms with Gasteiger partial charge in [-0.2, -0.15) is 12.6 Å². The molecular weight excluding hydrogens is 731 g/mol. The molecule has 6 N–H and O–H groups in total. The smallest absolute Gasteiger partial charge is 0.242 e. The molecule has 5 rings (SSSR count). The van der Waals surface area contributed by atoms with E-state index in [0.717, 1.165) is 38.5 Å². The van der Waals surface area contributed by atoms with Crippen LogP contribution in [0.1, 0.15) is 36.0 Å². The fourth-order valence-electron chi connectivity index (χ4n) is 6.54. The number of aromatic amines is 2. The Morgan fingerprint density at radius 3 is 2.00 bits per heavy atom. The molecule has 3 heterocycles. The molecule has 14 nitrogen and oxygen atoms in total. The van der Waals surface area contributed by atoms with Crippen molar-refractivity contribution >= 4 is 64.0 Å². The molecule has 0 spiro atoms. The van der Waals surface area contributed by atoms with E-state index in [1.165, 1.54) is 14.7 Å². The van der Waals surface area contributed by atoms with Crippen LogP contribution in [0.15, 0.2) is 85.5 Å². The van der Waals surface area contributed by atoms with Gasteiger partial charge in [-0.25, -0.2) is 0 Å². The van der Waals surface area contributed by atoms with Crippen LogP contribution in [0.2, 0.25) is 0 Å². The van der Waals surface area contributed by atoms with Gasteiger partial charge in [0.2, 0.25) is 29.5 Å². The largest absolute Gasteiger partial charge is 0.370 e. The van der Waals surface area contributed by atoms with Gasteiger partial charge in [-0.3, -0.25) is 29.0 Å². The molecule has 0 aliphatic heterocycles. The second kappa shape index (κ2) is 21.4. The third kappa shape index (κ3) is 12.4. The number of rotatable bonds is 23. The number of para-hydroxylation sites is 2. The Morgan fingerprint density at radius 2 is 1.36 bits per heavy atom. The van der Waals surface area contributed by atoms with E-state index in [9.17, 15) is 24.0 Å². The lowest BCUT2D eigenvalue weighted by atomic mass is 10.1. The Kier molecular flexibility index (Phi) is 15.9. The van der Waals surface area contributed by atoms with Gasteiger partial charge >= 0.3 is 0 Å². The van der Waals surface area contributed by atoms with E-state index in [0.29, 0.717) is 44.5 Å². The normalized spacial score (nSPS) is 11.1. The van der Waals surface area contributed by atoms with Gasteiger partial charge in [0.15, 0.2) is 0 Å². The molecule has 56 heavy (non-hydrogen) atoms. The van der Waals surface area contributed by atoms with Crippen molar-refractivity contribution in [3.63, 3.8) is 0 Å². The number of unbranched alkanes of at least 4 members (excludes halogenated alkanes) is 1. The number of hydrogen-bond donors (Lipinski definition) is 6. The summed E-state index contributed by atoms with van der Waals surface area (Å²) < 4.78 is 0. The van der Waals surface area contributed by atoms with Crippen LogP contribution in [0.3, 0.4) is 0 Å². The maximum absolute atomic E-state index is 14.3. The first-order valence-electron chi connectivity index (χ1n) is 18.9. The second-order valence-corrected chi connectivity index (χ2v) is 14.1. The van der Waals surface area contributed by atoms with Crippen molar-refractivity contribution in [2.24, 2.45) is 5.73 Å². The topological polar surface area (TPSA) is 190 Å². The van der Waals surface area contributed by atoms with Crippen molar-refractivity contribution < 1.29 is 24.0 Å². The summed E-state index contributed by atoms with van der Waals surface area (Å²) in [5.74, 6) is -1.47. The number of fused-ring (bicyclic) bond motifs is 2. The molecule has 5 aromatic rings. The number of hydrogen-bond acceptors (Lipinski definition) is 8. The van der Waals surface area contributed by atoms with Gasteiger partial charge in [0.05, 0.1) is 26.2 Å². The zero-order valence-electron chi connectivity index (χ0n) is 31.5. The Morgan fingerprint density at radius 1 is 0.714 bits per heavy atom. The van der Waals surface area contributed by atoms with Crippen molar-refractivity contribution in [1.29, 1.82) is 0 Å². The molecule has 0 unspecified atom stereocenters. The highest BCUT2D eigenvalue weighted by Crippen LogP contribution is 2.19. The predicted octanol–water partition coefficient (Wildman–Crippen LogP) is 2.81. The molecule has 0 bridgehead atoms. The highest BCUT2D eigenvalue weighted by molar-refractivity contribution is 7.80. The van der Waals surface area contributed by atoms with Crippen molar-refractivity contribution in [3.05, 3.63) is 102 Å². The fourth-order valence-corrected chi connectivity index (χ4v) is 6.66. The number of carbonyl (C=O) groups is 5. The number of benzene rings is 2. The summed E-state index contributed by atoms with van der Waals surface area (Å²) in [6, 6.07) is 19.4. The van der Waals surface area contributed by atoms with E-state index in [1.54, 1.807) is 18.5 Å². The standard InChI is InChI=1S/C41H51N9O5S/c42-37(51)13-5-6-19-48(39(53)25-44-17-14-31-23-46-35-11-3-1-9-33(31)35)28-40(54)49(20-15-32-24-47-36-12-4-2-10-34(32)36)29-41(55)50(27-38(52)45-18-21-56)26-30-8-7-16-43-22-30/h1-4,7-12,16,22-24,44,46-47,56H,5-6,13-15,17-21,25-29H2,(H2,42,51)(H,45,52). The van der Waals surface area contributed by atoms with Crippen LogP contribution >= 0.6 is 12.6 Å². The molecule has 0 saturated heterocycles. The minimum Gasteiger partial charge on any atom is -0.370 e. The third-order valence-corrected chi connectivity index (χ3v) is 9.75. The predicted molar refractivity (Wildman–Crippen MR) is 220 cm³/mol. The van der Waals surface area contributed by atoms with Crippen LogP contribution in [0.25, 0.3) is 21.8 Å². The molecule has 0 atom stereocenters. The zero-order chi connectivity index (χ0) is 39.7. The maximum atomic E-state index is 14.3. The SMILES string of the molecule is NC(=O)CCCCN(CC(=O)N(CCc1c[nH]c2ccccc12)CC(=O)N(CC(=O)NCCS)Cc1cccnc1)C(=O)CNCCc1c[nH]c2ccccc12. The molecular formula is C41H51N9O5S. The van der Waals surface area contributed by atoms with Gasteiger partial charge in [-0.15, -0.1) is 0 Å². The van der Waals surface area contributed by atoms with Gasteiger partial charge in [0.25, 0.3) is 0 Å². The summed E-state index contributed by atoms with van der Waals surface area (Å²) in [6.45, 7) is 0.598. The molecule has 5 amide bonds. The molecule has 2 aromatic carbocycles. The summed E-state index contributed by atoms with van der Waals surface area (Å²) in [6.07, 6.45) is 9.34. The lowest BCUT2D eigenvalue weighted by Gasteiger charge is -2.30. The minimum atomic E-state index is -0.435. The highest BCUT2D eigenvalue weighted by atomic mass is 32.1. The van der Waals surface area contributed by atoms with Crippen LogP contribution in [0, 0.1) is 0 Å². The van der Waals surface area contributed by atoms with Crippen molar-refractivity contribution in [1.82, 2.24) is 40.3 Å². The van der Waals surface area contributed by atoms with E-state index < -0.39 is 17.7 Å². The Bertz CT molecular complexity index is 2070. The number of amides is 5. The number of aromatic nitrogens is 3. The van der Waals surface area contributed by atoms with Gasteiger partial charge in [0, 0.05) is 84.9 Å². The average molecular weight is 782 g/mol. The summed E-state index contributed by atoms with van der Waals surface area (Å²) >= 11 is 4.17. The zero-order valence-corrected chi connectivity index (χ0v) is 32.4. The maximum Gasteiger partial charge on any atom is 0.242 e. The van der Waals surface area contributed by atoms with E-state index in [4.69, 9.17) is 5.73 Å². The van der Waals surface area contributed by atoms with Gasteiger partial charge in [0.1, 0.15) is 0 Å². The van der Waals surface area contributed by atoms with E-state index >= 15 is 0 Å². The average Bonchev–Trinajstić information content (AvgIpc) is 3.82. The third-order valence-electron chi connectivity index (χ3n) is 9.52. The number of nitrogens with two attached hydrogens (primary N) is 1. The molecule has 0 aliphatic carbocycles. The summed E-state index contributed by atoms with van der Waals surface area (Å²) in [7, 11) is 0. The van der Waals surface area contributed by atoms with Crippen LogP contribution in [-0.2, 0) is 43.4 Å². The number of H-pyrrole nitrogens is 2. The number of nitrogens with one attached hydrogen (secondary N) is 4. The second-order valence-electron chi connectivity index (χ2n) is 13.6. The summed E-state index contributed by atoms with van der Waals surface area (Å²) in [4.78, 5) is 81.3. The van der Waals surface area contributed by atoms with E-state index in [-0.39, 0.29) is 64.0 Å². The number of thiol groups is 1. The molecule has 0 radical (unpaired) electrons. The minimum absolute atomic E-state index is 0.00000964. The lowest BCUT2D eigenvalue weighted by Crippen LogP contribution is -2.50. The first-order valence-corrected chi connectivity index (χ1v) is 19.5. The molecule has 0 saturated carbocycles. The van der Waals surface area contributed by atoms with E-state index in [1.807, 2.05) is 60.9 Å². The first-order chi connectivity index (χ1) is 27.2. The molecule has 296 valence electrons. The lowest BCUT2D eigenvalue weighted by molar-refractivity contribution is -0.145. The van der Waals surface area contributed by atoms with Gasteiger partial charge < -0.3 is 41.0 Å². The van der Waals surface area contributed by atoms with Gasteiger partial charge in [-0.1, -0.05) is 42.5 Å². The van der Waals surface area contributed by atoms with Crippen LogP contribution < -0.4 is 16.4 Å². The number of nitrogens with zero attached hydrogens (tertiary/aromatic N) is 4. The van der Waals surface area contributed by atoms with Gasteiger partial charge in [-0.05, 0) is 67.1 Å². The molecule has 3 aromatic heterocycles. The van der Waals surface area contributed by atoms with Crippen LogP contribution in [0.4, 0.5) is 0 Å². The molecule has 0 fully saturated rings. The Balaban J connectivity index is 1.31. The fraction of sp³-hybridized carbons (Fsp3) is 0.366. The number of primary amides is 1. The Labute approximate surface area is 332 Å². The highest BCUT2D eigenvalue weighted by Gasteiger charge is 2.26. The molecule has 0 aliphatic rings. The summed E-state index contributed by atoms with van der Waals surface area (Å²) in [5, 5.41) is 8.12. The van der Waals surface area contributed by atoms with Crippen molar-refractivity contribution in [2.45, 2.75) is 38.6 Å². The van der Waals surface area contributed by atoms with E-state index in [2.05, 4.69) is 44.3 Å². The van der Waals surface area contributed by atoms with Crippen LogP contribution in [-0.4, -0.2) is 117 Å². The number of carbonyl (C=O) groups excluding carboxylic acids is 5. The number of pyridine rings is 1. The van der Waals surface area contributed by atoms with Crippen molar-refractivity contribution in [3.8, 4) is 0 Å².